The molecule has 25 heteroatoms. The van der Waals surface area contributed by atoms with E-state index in [9.17, 15) is 38.4 Å². The molecule has 14 N–H and O–H groups in total. The molecule has 0 saturated carbocycles. The van der Waals surface area contributed by atoms with Crippen LogP contribution in [0.3, 0.4) is 0 Å². The lowest BCUT2D eigenvalue weighted by Crippen LogP contribution is -2.57. The summed E-state index contributed by atoms with van der Waals surface area (Å²) in [5, 5.41) is 22.0. The Kier molecular flexibility index (Phi) is 27.6. The quantitative estimate of drug-likeness (QED) is 0.0132. The summed E-state index contributed by atoms with van der Waals surface area (Å²) >= 11 is 0. The maximum atomic E-state index is 13.9. The molecule has 7 amide bonds. The molecule has 25 nitrogen and oxygen atoms in total. The number of hydrogen-bond donors (Lipinski definition) is 10. The van der Waals surface area contributed by atoms with Gasteiger partial charge >= 0.3 is 5.97 Å². The molecule has 1 aliphatic heterocycles. The third kappa shape index (κ3) is 25.6. The third-order valence-electron chi connectivity index (χ3n) is 9.13. The molecule has 0 spiro atoms. The molecule has 0 aliphatic carbocycles. The average Bonchev–Trinajstić information content (AvgIpc) is 3.60. The molecule has 3 unspecified atom stereocenters. The summed E-state index contributed by atoms with van der Waals surface area (Å²) in [5.41, 5.74) is 22.4. The van der Waals surface area contributed by atoms with Crippen LogP contribution in [-0.2, 0) is 63.7 Å². The van der Waals surface area contributed by atoms with E-state index in [0.29, 0.717) is 13.2 Å². The Hall–Kier alpha value is -6.70. The minimum absolute atomic E-state index is 0.00416. The number of carbonyl (C=O) groups excluding carboxylic acids is 7. The maximum absolute atomic E-state index is 13.9. The number of rotatable bonds is 36. The Morgan fingerprint density at radius 1 is 0.606 bits per heavy atom. The van der Waals surface area contributed by atoms with Gasteiger partial charge in [-0.05, 0) is 31.2 Å². The number of aliphatic carboxylic acids is 1. The van der Waals surface area contributed by atoms with Crippen molar-refractivity contribution < 1.29 is 62.4 Å². The van der Waals surface area contributed by atoms with Gasteiger partial charge < -0.3 is 73.6 Å². The summed E-state index contributed by atoms with van der Waals surface area (Å²) in [5.74, 6) is -5.55. The van der Waals surface area contributed by atoms with Gasteiger partial charge in [-0.15, -0.1) is 0 Å². The number of guanidine groups is 2. The first-order chi connectivity index (χ1) is 31.7. The highest BCUT2D eigenvalue weighted by molar-refractivity contribution is 6.13. The van der Waals surface area contributed by atoms with Gasteiger partial charge in [0.25, 0.3) is 11.8 Å². The monoisotopic (exact) mass is 932 g/mol. The second-order valence-corrected chi connectivity index (χ2v) is 14.4. The van der Waals surface area contributed by atoms with Crippen molar-refractivity contribution in [3.05, 3.63) is 48.0 Å². The summed E-state index contributed by atoms with van der Waals surface area (Å²) in [7, 11) is 0. The van der Waals surface area contributed by atoms with Crippen LogP contribution in [-0.4, -0.2) is 173 Å². The van der Waals surface area contributed by atoms with Crippen molar-refractivity contribution in [2.45, 2.75) is 63.1 Å². The van der Waals surface area contributed by atoms with Gasteiger partial charge in [0, 0.05) is 57.6 Å². The van der Waals surface area contributed by atoms with Crippen LogP contribution in [0.4, 0.5) is 0 Å². The number of hydrogen-bond acceptors (Lipinski definition) is 14. The number of nitrogens with two attached hydrogens (primary N) is 4. The minimum Gasteiger partial charge on any atom is -0.480 e. The average molecular weight is 933 g/mol. The topological polar surface area (TPSA) is 386 Å². The number of carbonyl (C=O) groups is 8. The number of carboxylic acids is 1. The molecule has 1 heterocycles. The summed E-state index contributed by atoms with van der Waals surface area (Å²) < 4.78 is 21.9. The standard InChI is InChI=1S/C41H64N12O13/c42-40(43)47-14-4-8-29(37(60)49-27-36(58)59)51-38(61)30(9-5-15-48-41(44)45)52-39(62)31(26-28-6-2-1-3-7-28)50-33(55)13-18-63-20-22-65-24-25-66-23-21-64-19-16-46-32(54)12-17-53-34(56)10-11-35(53)57/h1-3,6-7,10-11,29-31H,4-5,8-9,12-27H2,(H,46,54)(H,49,60)(H,50,55)(H,51,61)(H,52,62)(H,58,59)(H4,42,43,47)(H4,44,45,48). The zero-order valence-electron chi connectivity index (χ0n) is 36.9. The van der Waals surface area contributed by atoms with Gasteiger partial charge in [0.15, 0.2) is 11.9 Å². The van der Waals surface area contributed by atoms with Crippen molar-refractivity contribution in [1.29, 1.82) is 0 Å². The summed E-state index contributed by atoms with van der Waals surface area (Å²) in [6.45, 7) is 1.63. The molecule has 66 heavy (non-hydrogen) atoms. The van der Waals surface area contributed by atoms with Gasteiger partial charge in [0.1, 0.15) is 24.7 Å². The van der Waals surface area contributed by atoms with Gasteiger partial charge in [-0.2, -0.15) is 0 Å². The molecule has 0 saturated heterocycles. The molecule has 1 aliphatic rings. The number of ether oxygens (including phenoxy) is 4. The molecular weight excluding hydrogens is 869 g/mol. The van der Waals surface area contributed by atoms with Crippen LogP contribution in [0.2, 0.25) is 0 Å². The van der Waals surface area contributed by atoms with Gasteiger partial charge in [-0.1, -0.05) is 30.3 Å². The van der Waals surface area contributed by atoms with Gasteiger partial charge in [-0.25, -0.2) is 0 Å². The molecule has 0 aromatic heterocycles. The first-order valence-electron chi connectivity index (χ1n) is 21.3. The molecule has 1 aromatic rings. The van der Waals surface area contributed by atoms with E-state index in [2.05, 4.69) is 36.6 Å². The van der Waals surface area contributed by atoms with E-state index in [0.717, 1.165) is 22.6 Å². The van der Waals surface area contributed by atoms with Crippen molar-refractivity contribution in [1.82, 2.24) is 31.5 Å². The Morgan fingerprint density at radius 2 is 1.11 bits per heavy atom. The number of benzene rings is 1. The highest BCUT2D eigenvalue weighted by atomic mass is 16.6. The normalized spacial score (nSPS) is 13.2. The highest BCUT2D eigenvalue weighted by Gasteiger charge is 2.30. The second kappa shape index (κ2) is 32.9. The van der Waals surface area contributed by atoms with E-state index in [1.165, 1.54) is 0 Å². The zero-order chi connectivity index (χ0) is 48.5. The van der Waals surface area contributed by atoms with Crippen molar-refractivity contribution in [3.8, 4) is 0 Å². The number of nitrogens with zero attached hydrogens (tertiary/aromatic N) is 3. The van der Waals surface area contributed by atoms with Gasteiger partial charge in [0.2, 0.25) is 29.5 Å². The fraction of sp³-hybridized carbons (Fsp3) is 0.561. The van der Waals surface area contributed by atoms with Crippen molar-refractivity contribution in [3.63, 3.8) is 0 Å². The lowest BCUT2D eigenvalue weighted by atomic mass is 10.0. The smallest absolute Gasteiger partial charge is 0.322 e. The molecule has 0 radical (unpaired) electrons. The predicted octanol–water partition coefficient (Wildman–Crippen LogP) is -4.12. The van der Waals surface area contributed by atoms with Gasteiger partial charge in [-0.3, -0.25) is 53.2 Å². The Morgan fingerprint density at radius 3 is 1.64 bits per heavy atom. The second-order valence-electron chi connectivity index (χ2n) is 14.4. The first kappa shape index (κ1) is 55.4. The van der Waals surface area contributed by atoms with Crippen LogP contribution in [0.25, 0.3) is 0 Å². The highest BCUT2D eigenvalue weighted by Crippen LogP contribution is 2.08. The van der Waals surface area contributed by atoms with Crippen LogP contribution >= 0.6 is 0 Å². The van der Waals surface area contributed by atoms with Crippen LogP contribution in [0.1, 0.15) is 44.1 Å². The lowest BCUT2D eigenvalue weighted by molar-refractivity contribution is -0.139. The molecular formula is C41H64N12O13. The van der Waals surface area contributed by atoms with Crippen molar-refractivity contribution in [2.24, 2.45) is 32.9 Å². The van der Waals surface area contributed by atoms with E-state index >= 15 is 0 Å². The Bertz CT molecular complexity index is 1790. The summed E-state index contributed by atoms with van der Waals surface area (Å²) in [6, 6.07) is 5.30. The summed E-state index contributed by atoms with van der Waals surface area (Å²) in [6.07, 6.45) is 2.81. The fourth-order valence-electron chi connectivity index (χ4n) is 5.84. The van der Waals surface area contributed by atoms with Crippen LogP contribution in [0.5, 0.6) is 0 Å². The van der Waals surface area contributed by atoms with E-state index < -0.39 is 66.1 Å². The van der Waals surface area contributed by atoms with E-state index in [1.807, 2.05) is 0 Å². The van der Waals surface area contributed by atoms with Crippen molar-refractivity contribution in [2.75, 3.05) is 85.6 Å². The zero-order valence-corrected chi connectivity index (χ0v) is 36.9. The SMILES string of the molecule is NC(N)=NCCCC(NC(=O)C(CCCN=C(N)N)NC(=O)C(Cc1ccccc1)NC(=O)CCOCCOCCOCCOCCNC(=O)CCN1C(=O)C=CC1=O)C(=O)NCC(=O)O. The molecule has 3 atom stereocenters. The van der Waals surface area contributed by atoms with Crippen LogP contribution in [0, 0.1) is 0 Å². The minimum atomic E-state index is -1.30. The number of carboxylic acid groups (broad SMARTS) is 1. The van der Waals surface area contributed by atoms with Gasteiger partial charge in [0.05, 0.1) is 52.9 Å². The number of amides is 7. The van der Waals surface area contributed by atoms with E-state index in [4.69, 9.17) is 47.0 Å². The van der Waals surface area contributed by atoms with E-state index in [1.54, 1.807) is 30.3 Å². The predicted molar refractivity (Wildman–Crippen MR) is 238 cm³/mol. The molecule has 0 fully saturated rings. The number of nitrogens with one attached hydrogen (secondary N) is 5. The van der Waals surface area contributed by atoms with Crippen molar-refractivity contribution >= 4 is 59.2 Å². The number of aliphatic imine (C=N–C) groups is 2. The molecule has 2 rings (SSSR count). The van der Waals surface area contributed by atoms with Crippen LogP contribution in [0.15, 0.2) is 52.5 Å². The largest absolute Gasteiger partial charge is 0.480 e. The lowest BCUT2D eigenvalue weighted by Gasteiger charge is -2.25. The van der Waals surface area contributed by atoms with Crippen LogP contribution < -0.4 is 49.5 Å². The Balaban J connectivity index is 1.81. The maximum Gasteiger partial charge on any atom is 0.322 e. The fourth-order valence-corrected chi connectivity index (χ4v) is 5.84. The molecule has 0 bridgehead atoms. The number of imide groups is 1. The molecule has 1 aromatic carbocycles. The van der Waals surface area contributed by atoms with E-state index in [-0.39, 0.29) is 129 Å². The third-order valence-corrected chi connectivity index (χ3v) is 9.13. The molecule has 366 valence electrons. The summed E-state index contributed by atoms with van der Waals surface area (Å²) in [4.78, 5) is 108. The Labute approximate surface area is 382 Å². The first-order valence-corrected chi connectivity index (χ1v) is 21.3.